The number of nitro groups is 1. The predicted molar refractivity (Wildman–Crippen MR) is 57.8 cm³/mol. The Labute approximate surface area is 93.2 Å². The molecule has 1 aromatic rings. The first kappa shape index (κ1) is 11.1. The molecule has 1 aliphatic heterocycles. The van der Waals surface area contributed by atoms with Gasteiger partial charge in [-0.1, -0.05) is 0 Å². The molecule has 16 heavy (non-hydrogen) atoms. The Bertz CT molecular complexity index is 377. The first-order chi connectivity index (χ1) is 7.65. The standard InChI is InChI=1S/C10H15N3O3/c11-8-2-1-5-12(6-8)7-9-3-4-10(16-9)13(14)15/h3-4,8H,1-2,5-7,11H2/t8-/m1/s1. The van der Waals surface area contributed by atoms with E-state index in [2.05, 4.69) is 4.90 Å². The van der Waals surface area contributed by atoms with Crippen molar-refractivity contribution < 1.29 is 9.34 Å². The van der Waals surface area contributed by atoms with Gasteiger partial charge in [-0.05, 0) is 25.5 Å². The van der Waals surface area contributed by atoms with Gasteiger partial charge in [0.25, 0.3) is 0 Å². The van der Waals surface area contributed by atoms with E-state index in [1.165, 1.54) is 6.07 Å². The molecule has 1 atom stereocenters. The summed E-state index contributed by atoms with van der Waals surface area (Å²) in [6.45, 7) is 2.40. The molecule has 6 heteroatoms. The number of hydrogen-bond donors (Lipinski definition) is 1. The SMILES string of the molecule is N[C@@H]1CCCN(Cc2ccc([N+](=O)[O-])o2)C1. The van der Waals surface area contributed by atoms with Crippen LogP contribution in [0.25, 0.3) is 0 Å². The number of nitrogens with zero attached hydrogens (tertiary/aromatic N) is 2. The molecule has 0 spiro atoms. The van der Waals surface area contributed by atoms with Gasteiger partial charge in [-0.3, -0.25) is 15.0 Å². The second kappa shape index (κ2) is 4.63. The minimum Gasteiger partial charge on any atom is -0.404 e. The molecule has 1 fully saturated rings. The quantitative estimate of drug-likeness (QED) is 0.615. The summed E-state index contributed by atoms with van der Waals surface area (Å²) in [6.07, 6.45) is 2.12. The van der Waals surface area contributed by atoms with Crippen molar-refractivity contribution in [2.75, 3.05) is 13.1 Å². The van der Waals surface area contributed by atoms with Crippen molar-refractivity contribution in [3.05, 3.63) is 28.0 Å². The number of furan rings is 1. The summed E-state index contributed by atoms with van der Waals surface area (Å²) in [5, 5.41) is 10.4. The predicted octanol–water partition coefficient (Wildman–Crippen LogP) is 1.11. The smallest absolute Gasteiger partial charge is 0.404 e. The van der Waals surface area contributed by atoms with Gasteiger partial charge in [0.05, 0.1) is 12.6 Å². The van der Waals surface area contributed by atoms with Gasteiger partial charge >= 0.3 is 5.88 Å². The third-order valence-electron chi connectivity index (χ3n) is 2.75. The van der Waals surface area contributed by atoms with Crippen LogP contribution in [0.5, 0.6) is 0 Å². The molecule has 6 nitrogen and oxygen atoms in total. The van der Waals surface area contributed by atoms with Gasteiger partial charge in [0.15, 0.2) is 0 Å². The van der Waals surface area contributed by atoms with Gasteiger partial charge in [0, 0.05) is 12.6 Å². The highest BCUT2D eigenvalue weighted by molar-refractivity contribution is 5.17. The zero-order valence-electron chi connectivity index (χ0n) is 8.96. The largest absolute Gasteiger partial charge is 0.433 e. The summed E-state index contributed by atoms with van der Waals surface area (Å²) in [5.74, 6) is 0.428. The van der Waals surface area contributed by atoms with Crippen LogP contribution in [0.1, 0.15) is 18.6 Å². The molecule has 0 bridgehead atoms. The highest BCUT2D eigenvalue weighted by Gasteiger charge is 2.19. The third kappa shape index (κ3) is 2.59. The molecule has 1 aromatic heterocycles. The molecule has 1 saturated heterocycles. The van der Waals surface area contributed by atoms with E-state index in [-0.39, 0.29) is 11.9 Å². The number of piperidine rings is 1. The fourth-order valence-electron chi connectivity index (χ4n) is 2.00. The number of likely N-dealkylation sites (tertiary alicyclic amines) is 1. The fourth-order valence-corrected chi connectivity index (χ4v) is 2.00. The van der Waals surface area contributed by atoms with Crippen LogP contribution in [0.4, 0.5) is 5.88 Å². The molecule has 2 N–H and O–H groups in total. The van der Waals surface area contributed by atoms with E-state index in [0.29, 0.717) is 12.3 Å². The van der Waals surface area contributed by atoms with Crippen LogP contribution in [0, 0.1) is 10.1 Å². The van der Waals surface area contributed by atoms with E-state index < -0.39 is 4.92 Å². The molecule has 0 saturated carbocycles. The molecule has 88 valence electrons. The first-order valence-corrected chi connectivity index (χ1v) is 5.36. The van der Waals surface area contributed by atoms with Crippen LogP contribution in [-0.4, -0.2) is 29.0 Å². The number of hydrogen-bond acceptors (Lipinski definition) is 5. The van der Waals surface area contributed by atoms with Crippen molar-refractivity contribution in [3.63, 3.8) is 0 Å². The maximum absolute atomic E-state index is 10.4. The summed E-state index contributed by atoms with van der Waals surface area (Å²) in [5.41, 5.74) is 5.85. The highest BCUT2D eigenvalue weighted by atomic mass is 16.6. The Kier molecular flexibility index (Phi) is 3.21. The maximum Gasteiger partial charge on any atom is 0.433 e. The van der Waals surface area contributed by atoms with Crippen LogP contribution < -0.4 is 5.73 Å². The average Bonchev–Trinajstić information content (AvgIpc) is 2.66. The van der Waals surface area contributed by atoms with E-state index in [1.807, 2.05) is 0 Å². The van der Waals surface area contributed by atoms with Crippen molar-refractivity contribution >= 4 is 5.88 Å². The second-order valence-electron chi connectivity index (χ2n) is 4.13. The Morgan fingerprint density at radius 2 is 2.44 bits per heavy atom. The molecule has 1 aliphatic rings. The van der Waals surface area contributed by atoms with E-state index in [1.54, 1.807) is 6.07 Å². The van der Waals surface area contributed by atoms with Crippen LogP contribution in [0.3, 0.4) is 0 Å². The summed E-state index contributed by atoms with van der Waals surface area (Å²) in [6, 6.07) is 3.25. The molecule has 0 amide bonds. The summed E-state index contributed by atoms with van der Waals surface area (Å²) >= 11 is 0. The van der Waals surface area contributed by atoms with Gasteiger partial charge in [-0.25, -0.2) is 0 Å². The summed E-state index contributed by atoms with van der Waals surface area (Å²) < 4.78 is 5.10. The van der Waals surface area contributed by atoms with Crippen LogP contribution in [0.2, 0.25) is 0 Å². The van der Waals surface area contributed by atoms with Crippen LogP contribution in [-0.2, 0) is 6.54 Å². The Morgan fingerprint density at radius 1 is 1.62 bits per heavy atom. The van der Waals surface area contributed by atoms with Gasteiger partial charge < -0.3 is 10.2 Å². The molecule has 0 radical (unpaired) electrons. The lowest BCUT2D eigenvalue weighted by molar-refractivity contribution is -0.402. The number of nitrogens with two attached hydrogens (primary N) is 1. The second-order valence-corrected chi connectivity index (χ2v) is 4.13. The normalized spacial score (nSPS) is 22.2. The first-order valence-electron chi connectivity index (χ1n) is 5.36. The molecule has 0 unspecified atom stereocenters. The van der Waals surface area contributed by atoms with E-state index in [4.69, 9.17) is 10.2 Å². The van der Waals surface area contributed by atoms with Crippen molar-refractivity contribution in [2.45, 2.75) is 25.4 Å². The van der Waals surface area contributed by atoms with Gasteiger partial charge in [-0.15, -0.1) is 0 Å². The van der Waals surface area contributed by atoms with Crippen LogP contribution >= 0.6 is 0 Å². The van der Waals surface area contributed by atoms with Crippen molar-refractivity contribution in [1.82, 2.24) is 4.90 Å². The molecular weight excluding hydrogens is 210 g/mol. The summed E-state index contributed by atoms with van der Waals surface area (Å²) in [7, 11) is 0. The molecular formula is C10H15N3O3. The highest BCUT2D eigenvalue weighted by Crippen LogP contribution is 2.18. The Balaban J connectivity index is 1.95. The van der Waals surface area contributed by atoms with Crippen molar-refractivity contribution in [3.8, 4) is 0 Å². The van der Waals surface area contributed by atoms with Gasteiger partial charge in [0.1, 0.15) is 10.7 Å². The van der Waals surface area contributed by atoms with E-state index >= 15 is 0 Å². The lowest BCUT2D eigenvalue weighted by Crippen LogP contribution is -2.42. The monoisotopic (exact) mass is 225 g/mol. The zero-order chi connectivity index (χ0) is 11.5. The minimum atomic E-state index is -0.522. The molecule has 2 rings (SSSR count). The fraction of sp³-hybridized carbons (Fsp3) is 0.600. The average molecular weight is 225 g/mol. The summed E-state index contributed by atoms with van der Waals surface area (Å²) in [4.78, 5) is 12.1. The molecule has 0 aliphatic carbocycles. The third-order valence-corrected chi connectivity index (χ3v) is 2.75. The Hall–Kier alpha value is -1.40. The lowest BCUT2D eigenvalue weighted by atomic mass is 10.1. The topological polar surface area (TPSA) is 85.5 Å². The van der Waals surface area contributed by atoms with E-state index in [9.17, 15) is 10.1 Å². The minimum absolute atomic E-state index is 0.198. The molecule has 2 heterocycles. The van der Waals surface area contributed by atoms with Crippen molar-refractivity contribution in [2.24, 2.45) is 5.73 Å². The van der Waals surface area contributed by atoms with Gasteiger partial charge in [-0.2, -0.15) is 0 Å². The van der Waals surface area contributed by atoms with Gasteiger partial charge in [0.2, 0.25) is 0 Å². The Morgan fingerprint density at radius 3 is 3.06 bits per heavy atom. The van der Waals surface area contributed by atoms with E-state index in [0.717, 1.165) is 25.9 Å². The maximum atomic E-state index is 10.4. The lowest BCUT2D eigenvalue weighted by Gasteiger charge is -2.29. The number of rotatable bonds is 3. The van der Waals surface area contributed by atoms with Crippen LogP contribution in [0.15, 0.2) is 16.5 Å². The van der Waals surface area contributed by atoms with Crippen molar-refractivity contribution in [1.29, 1.82) is 0 Å². The molecule has 0 aromatic carbocycles. The zero-order valence-corrected chi connectivity index (χ0v) is 8.96.